The van der Waals surface area contributed by atoms with Crippen molar-refractivity contribution in [2.75, 3.05) is 7.11 Å². The van der Waals surface area contributed by atoms with Gasteiger partial charge in [-0.25, -0.2) is 0 Å². The highest BCUT2D eigenvalue weighted by molar-refractivity contribution is 5.89. The van der Waals surface area contributed by atoms with Crippen molar-refractivity contribution < 1.29 is 19.4 Å². The second kappa shape index (κ2) is 5.94. The van der Waals surface area contributed by atoms with E-state index in [9.17, 15) is 9.59 Å². The lowest BCUT2D eigenvalue weighted by Crippen LogP contribution is -2.30. The Kier molecular flexibility index (Phi) is 4.27. The first-order valence-corrected chi connectivity index (χ1v) is 6.74. The summed E-state index contributed by atoms with van der Waals surface area (Å²) in [5.74, 6) is -1.27. The molecule has 1 aromatic rings. The molecule has 0 aliphatic heterocycles. The highest BCUT2D eigenvalue weighted by atomic mass is 16.5. The molecular weight excluding hydrogens is 258 g/mol. The van der Waals surface area contributed by atoms with Crippen molar-refractivity contribution in [3.8, 4) is 5.75 Å². The van der Waals surface area contributed by atoms with Gasteiger partial charge in [-0.3, -0.25) is 9.59 Å². The fraction of sp³-hybridized carbons (Fsp3) is 0.467. The molecule has 1 aliphatic carbocycles. The van der Waals surface area contributed by atoms with Crippen LogP contribution in [0, 0.1) is 11.8 Å². The maximum Gasteiger partial charge on any atom is 0.307 e. The van der Waals surface area contributed by atoms with Crippen molar-refractivity contribution in [1.82, 2.24) is 5.32 Å². The van der Waals surface area contributed by atoms with Gasteiger partial charge in [0.15, 0.2) is 0 Å². The molecule has 5 nitrogen and oxygen atoms in total. The van der Waals surface area contributed by atoms with Crippen LogP contribution in [-0.2, 0) is 9.59 Å². The van der Waals surface area contributed by atoms with Crippen LogP contribution in [0.4, 0.5) is 0 Å². The molecule has 108 valence electrons. The van der Waals surface area contributed by atoms with Gasteiger partial charge in [0.05, 0.1) is 25.0 Å². The molecule has 3 atom stereocenters. The quantitative estimate of drug-likeness (QED) is 0.833. The third-order valence-electron chi connectivity index (χ3n) is 3.68. The zero-order chi connectivity index (χ0) is 14.7. The lowest BCUT2D eigenvalue weighted by molar-refractivity contribution is -0.140. The van der Waals surface area contributed by atoms with Gasteiger partial charge in [0.25, 0.3) is 0 Å². The molecule has 2 rings (SSSR count). The average molecular weight is 277 g/mol. The van der Waals surface area contributed by atoms with E-state index in [0.29, 0.717) is 6.42 Å². The normalized spacial score (nSPS) is 21.9. The Bertz CT molecular complexity index is 514. The molecule has 3 unspecified atom stereocenters. The molecule has 1 aromatic carbocycles. The molecule has 5 heteroatoms. The van der Waals surface area contributed by atoms with E-state index in [1.807, 2.05) is 31.2 Å². The van der Waals surface area contributed by atoms with Gasteiger partial charge < -0.3 is 15.2 Å². The number of para-hydroxylation sites is 1. The van der Waals surface area contributed by atoms with E-state index >= 15 is 0 Å². The van der Waals surface area contributed by atoms with Crippen LogP contribution >= 0.6 is 0 Å². The number of benzene rings is 1. The number of carbonyl (C=O) groups excluding carboxylic acids is 1. The second-order valence-corrected chi connectivity index (χ2v) is 5.00. The van der Waals surface area contributed by atoms with Crippen LogP contribution in [0.15, 0.2) is 24.3 Å². The van der Waals surface area contributed by atoms with Gasteiger partial charge in [-0.1, -0.05) is 25.1 Å². The average Bonchev–Trinajstić information content (AvgIpc) is 3.25. The van der Waals surface area contributed by atoms with Crippen molar-refractivity contribution in [1.29, 1.82) is 0 Å². The monoisotopic (exact) mass is 277 g/mol. The van der Waals surface area contributed by atoms with Crippen LogP contribution in [-0.4, -0.2) is 24.1 Å². The molecule has 20 heavy (non-hydrogen) atoms. The summed E-state index contributed by atoms with van der Waals surface area (Å²) in [6, 6.07) is 7.37. The first-order chi connectivity index (χ1) is 9.58. The SMILES string of the molecule is CCC(NC(=O)C1CC1C(=O)O)c1ccccc1OC. The molecule has 1 aliphatic rings. The van der Waals surface area contributed by atoms with E-state index in [4.69, 9.17) is 9.84 Å². The number of carbonyl (C=O) groups is 2. The lowest BCUT2D eigenvalue weighted by Gasteiger charge is -2.20. The fourth-order valence-corrected chi connectivity index (χ4v) is 2.39. The van der Waals surface area contributed by atoms with Crippen LogP contribution < -0.4 is 10.1 Å². The molecule has 0 radical (unpaired) electrons. The topological polar surface area (TPSA) is 75.6 Å². The molecule has 0 aromatic heterocycles. The van der Waals surface area contributed by atoms with Gasteiger partial charge in [-0.05, 0) is 18.9 Å². The number of amides is 1. The van der Waals surface area contributed by atoms with Gasteiger partial charge in [0, 0.05) is 5.56 Å². The van der Waals surface area contributed by atoms with Gasteiger partial charge in [-0.15, -0.1) is 0 Å². The summed E-state index contributed by atoms with van der Waals surface area (Å²) in [6.45, 7) is 1.97. The van der Waals surface area contributed by atoms with Crippen LogP contribution in [0.2, 0.25) is 0 Å². The van der Waals surface area contributed by atoms with Gasteiger partial charge in [0.2, 0.25) is 5.91 Å². The summed E-state index contributed by atoms with van der Waals surface area (Å²) >= 11 is 0. The number of ether oxygens (including phenoxy) is 1. The summed E-state index contributed by atoms with van der Waals surface area (Å²) in [6.07, 6.45) is 1.15. The third kappa shape index (κ3) is 2.92. The fourth-order valence-electron chi connectivity index (χ4n) is 2.39. The Labute approximate surface area is 117 Å². The number of hydrogen-bond acceptors (Lipinski definition) is 3. The highest BCUT2D eigenvalue weighted by Crippen LogP contribution is 2.39. The Morgan fingerprint density at radius 1 is 1.40 bits per heavy atom. The van der Waals surface area contributed by atoms with Gasteiger partial charge in [-0.2, -0.15) is 0 Å². The predicted molar refractivity (Wildman–Crippen MR) is 73.4 cm³/mol. The van der Waals surface area contributed by atoms with Crippen molar-refractivity contribution in [3.63, 3.8) is 0 Å². The van der Waals surface area contributed by atoms with Crippen molar-refractivity contribution in [3.05, 3.63) is 29.8 Å². The molecule has 0 heterocycles. The molecular formula is C15H19NO4. The number of hydrogen-bond donors (Lipinski definition) is 2. The summed E-state index contributed by atoms with van der Waals surface area (Å²) in [4.78, 5) is 22.8. The number of carboxylic acids is 1. The molecule has 0 bridgehead atoms. The minimum atomic E-state index is -0.893. The van der Waals surface area contributed by atoms with E-state index in [1.165, 1.54) is 0 Å². The zero-order valence-corrected chi connectivity index (χ0v) is 11.6. The summed E-state index contributed by atoms with van der Waals surface area (Å²) < 4.78 is 5.30. The molecule has 1 amide bonds. The highest BCUT2D eigenvalue weighted by Gasteiger charge is 2.48. The van der Waals surface area contributed by atoms with E-state index in [-0.39, 0.29) is 11.9 Å². The first-order valence-electron chi connectivity index (χ1n) is 6.74. The Hall–Kier alpha value is -2.04. The molecule has 1 fully saturated rings. The number of methoxy groups -OCH3 is 1. The van der Waals surface area contributed by atoms with Gasteiger partial charge >= 0.3 is 5.97 Å². The van der Waals surface area contributed by atoms with Crippen molar-refractivity contribution in [2.24, 2.45) is 11.8 Å². The number of carboxylic acid groups (broad SMARTS) is 1. The minimum absolute atomic E-state index is 0.159. The van der Waals surface area contributed by atoms with Crippen LogP contribution in [0.3, 0.4) is 0 Å². The molecule has 0 spiro atoms. The molecule has 0 saturated heterocycles. The van der Waals surface area contributed by atoms with Crippen LogP contribution in [0.5, 0.6) is 5.75 Å². The summed E-state index contributed by atoms with van der Waals surface area (Å²) in [5, 5.41) is 11.8. The number of nitrogens with one attached hydrogen (secondary N) is 1. The molecule has 1 saturated carbocycles. The van der Waals surface area contributed by atoms with Crippen LogP contribution in [0.1, 0.15) is 31.4 Å². The van der Waals surface area contributed by atoms with E-state index in [1.54, 1.807) is 7.11 Å². The van der Waals surface area contributed by atoms with Crippen molar-refractivity contribution >= 4 is 11.9 Å². The zero-order valence-electron chi connectivity index (χ0n) is 11.6. The summed E-state index contributed by atoms with van der Waals surface area (Å²) in [5.41, 5.74) is 0.915. The maximum atomic E-state index is 12.0. The maximum absolute atomic E-state index is 12.0. The minimum Gasteiger partial charge on any atom is -0.496 e. The summed E-state index contributed by atoms with van der Waals surface area (Å²) in [7, 11) is 1.59. The third-order valence-corrected chi connectivity index (χ3v) is 3.68. The Balaban J connectivity index is 2.06. The number of rotatable bonds is 6. The smallest absolute Gasteiger partial charge is 0.307 e. The standard InChI is InChI=1S/C15H19NO4/c1-3-12(9-6-4-5-7-13(9)20-2)16-14(17)10-8-11(10)15(18)19/h4-7,10-12H,3,8H2,1-2H3,(H,16,17)(H,18,19). The largest absolute Gasteiger partial charge is 0.496 e. The Morgan fingerprint density at radius 3 is 2.65 bits per heavy atom. The van der Waals surface area contributed by atoms with Gasteiger partial charge in [0.1, 0.15) is 5.75 Å². The number of aliphatic carboxylic acids is 1. The molecule has 2 N–H and O–H groups in total. The van der Waals surface area contributed by atoms with Crippen molar-refractivity contribution in [2.45, 2.75) is 25.8 Å². The first kappa shape index (κ1) is 14.4. The van der Waals surface area contributed by atoms with E-state index in [0.717, 1.165) is 17.7 Å². The van der Waals surface area contributed by atoms with Crippen LogP contribution in [0.25, 0.3) is 0 Å². The lowest BCUT2D eigenvalue weighted by atomic mass is 10.0. The van der Waals surface area contributed by atoms with E-state index in [2.05, 4.69) is 5.32 Å². The predicted octanol–water partition coefficient (Wildman–Crippen LogP) is 1.98. The Morgan fingerprint density at radius 2 is 2.10 bits per heavy atom. The van der Waals surface area contributed by atoms with E-state index < -0.39 is 17.8 Å². The second-order valence-electron chi connectivity index (χ2n) is 5.00.